The number of imidazole rings is 1. The molecule has 0 aliphatic carbocycles. The minimum atomic E-state index is -0.411. The monoisotopic (exact) mass is 483 g/mol. The topological polar surface area (TPSA) is 46.8 Å². The van der Waals surface area contributed by atoms with Crippen molar-refractivity contribution in [3.8, 4) is 11.3 Å². The van der Waals surface area contributed by atoms with Crippen LogP contribution < -0.4 is 0 Å². The van der Waals surface area contributed by atoms with Gasteiger partial charge in [-0.25, -0.2) is 9.37 Å². The van der Waals surface area contributed by atoms with Gasteiger partial charge in [-0.1, -0.05) is 29.8 Å². The van der Waals surface area contributed by atoms with E-state index in [1.54, 1.807) is 28.4 Å². The highest BCUT2D eigenvalue weighted by molar-refractivity contribution is 7.15. The van der Waals surface area contributed by atoms with Crippen LogP contribution in [0.15, 0.2) is 60.1 Å². The molecule has 4 aromatic rings. The predicted molar refractivity (Wildman–Crippen MR) is 128 cm³/mol. The van der Waals surface area contributed by atoms with Crippen molar-refractivity contribution in [2.45, 2.75) is 25.4 Å². The number of thiazole rings is 1. The number of carbonyl (C=O) groups excluding carboxylic acids is 1. The molecule has 2 aromatic heterocycles. The lowest BCUT2D eigenvalue weighted by Gasteiger charge is -2.25. The van der Waals surface area contributed by atoms with Crippen LogP contribution >= 0.6 is 22.9 Å². The Balaban J connectivity index is 1.35. The number of nitrogens with zero attached hydrogens (tertiary/aromatic N) is 3. The molecule has 3 heterocycles. The minimum absolute atomic E-state index is 0.0229. The molecule has 0 bridgehead atoms. The van der Waals surface area contributed by atoms with E-state index in [1.807, 2.05) is 30.5 Å². The first-order valence-corrected chi connectivity index (χ1v) is 12.2. The summed E-state index contributed by atoms with van der Waals surface area (Å²) in [5.74, 6) is -0.588. The fraction of sp³-hybridized carbons (Fsp3) is 0.280. The number of ether oxygens (including phenoxy) is 1. The molecular weight excluding hydrogens is 461 g/mol. The number of halogens is 2. The van der Waals surface area contributed by atoms with E-state index in [4.69, 9.17) is 21.3 Å². The molecule has 5 rings (SSSR count). The van der Waals surface area contributed by atoms with Crippen molar-refractivity contribution in [3.05, 3.63) is 82.2 Å². The quantitative estimate of drug-likeness (QED) is 0.338. The highest BCUT2D eigenvalue weighted by Crippen LogP contribution is 2.25. The summed E-state index contributed by atoms with van der Waals surface area (Å²) < 4.78 is 21.6. The molecule has 0 radical (unpaired) electrons. The van der Waals surface area contributed by atoms with Gasteiger partial charge in [-0.3, -0.25) is 9.20 Å². The molecule has 8 heteroatoms. The van der Waals surface area contributed by atoms with Gasteiger partial charge in [0.05, 0.1) is 11.8 Å². The zero-order valence-electron chi connectivity index (χ0n) is 17.9. The van der Waals surface area contributed by atoms with Gasteiger partial charge in [-0.05, 0) is 43.2 Å². The summed E-state index contributed by atoms with van der Waals surface area (Å²) in [5, 5.41) is 2.76. The van der Waals surface area contributed by atoms with Crippen molar-refractivity contribution in [3.63, 3.8) is 0 Å². The van der Waals surface area contributed by atoms with Crippen LogP contribution in [0.4, 0.5) is 4.39 Å². The van der Waals surface area contributed by atoms with E-state index < -0.39 is 5.82 Å². The SMILES string of the molecule is O=C(c1cccc(F)c1)N(CCc1csc2nc(-c3ccc(Cl)cc3)cn12)CC1CCCO1. The van der Waals surface area contributed by atoms with Gasteiger partial charge in [-0.2, -0.15) is 0 Å². The second-order valence-corrected chi connectivity index (χ2v) is 9.43. The Morgan fingerprint density at radius 1 is 1.27 bits per heavy atom. The first-order chi connectivity index (χ1) is 16.1. The smallest absolute Gasteiger partial charge is 0.254 e. The van der Waals surface area contributed by atoms with Gasteiger partial charge in [0.2, 0.25) is 0 Å². The van der Waals surface area contributed by atoms with Crippen LogP contribution in [0.5, 0.6) is 0 Å². The third-order valence-electron chi connectivity index (χ3n) is 5.87. The van der Waals surface area contributed by atoms with E-state index in [2.05, 4.69) is 9.78 Å². The molecule has 2 aromatic carbocycles. The Hall–Kier alpha value is -2.74. The summed E-state index contributed by atoms with van der Waals surface area (Å²) >= 11 is 7.58. The van der Waals surface area contributed by atoms with Gasteiger partial charge >= 0.3 is 0 Å². The third-order valence-corrected chi connectivity index (χ3v) is 7.01. The van der Waals surface area contributed by atoms with Gasteiger partial charge in [-0.15, -0.1) is 11.3 Å². The van der Waals surface area contributed by atoms with Crippen LogP contribution in [0, 0.1) is 5.82 Å². The summed E-state index contributed by atoms with van der Waals surface area (Å²) in [4.78, 5) is 20.6. The maximum absolute atomic E-state index is 13.7. The zero-order chi connectivity index (χ0) is 22.8. The summed E-state index contributed by atoms with van der Waals surface area (Å²) in [7, 11) is 0. The van der Waals surface area contributed by atoms with Crippen LogP contribution in [0.2, 0.25) is 5.02 Å². The van der Waals surface area contributed by atoms with Gasteiger partial charge < -0.3 is 9.64 Å². The van der Waals surface area contributed by atoms with Gasteiger partial charge in [0.25, 0.3) is 5.91 Å². The molecule has 5 nitrogen and oxygen atoms in total. The van der Waals surface area contributed by atoms with Crippen molar-refractivity contribution in [1.82, 2.24) is 14.3 Å². The average molecular weight is 484 g/mol. The summed E-state index contributed by atoms with van der Waals surface area (Å²) in [6.07, 6.45) is 4.63. The number of rotatable bonds is 7. The number of amides is 1. The van der Waals surface area contributed by atoms with Crippen molar-refractivity contribution in [2.24, 2.45) is 0 Å². The zero-order valence-corrected chi connectivity index (χ0v) is 19.5. The molecule has 170 valence electrons. The molecule has 1 unspecified atom stereocenters. The summed E-state index contributed by atoms with van der Waals surface area (Å²) in [5.41, 5.74) is 3.32. The Labute approximate surface area is 200 Å². The second-order valence-electron chi connectivity index (χ2n) is 8.16. The van der Waals surface area contributed by atoms with E-state index in [1.165, 1.54) is 12.1 Å². The molecule has 0 spiro atoms. The van der Waals surface area contributed by atoms with Crippen LogP contribution in [0.3, 0.4) is 0 Å². The molecule has 0 saturated carbocycles. The van der Waals surface area contributed by atoms with Crippen molar-refractivity contribution < 1.29 is 13.9 Å². The van der Waals surface area contributed by atoms with E-state index in [-0.39, 0.29) is 12.0 Å². The molecule has 1 saturated heterocycles. The van der Waals surface area contributed by atoms with E-state index in [0.717, 1.165) is 41.4 Å². The second kappa shape index (κ2) is 9.63. The Bertz CT molecular complexity index is 1260. The fourth-order valence-electron chi connectivity index (χ4n) is 4.13. The van der Waals surface area contributed by atoms with Crippen LogP contribution in [-0.4, -0.2) is 46.0 Å². The minimum Gasteiger partial charge on any atom is -0.376 e. The highest BCUT2D eigenvalue weighted by atomic mass is 35.5. The Morgan fingerprint density at radius 2 is 2.12 bits per heavy atom. The third kappa shape index (κ3) is 4.95. The first kappa shape index (κ1) is 22.1. The van der Waals surface area contributed by atoms with Crippen molar-refractivity contribution in [1.29, 1.82) is 0 Å². The number of hydrogen-bond donors (Lipinski definition) is 0. The lowest BCUT2D eigenvalue weighted by Crippen LogP contribution is -2.39. The van der Waals surface area contributed by atoms with E-state index in [9.17, 15) is 9.18 Å². The molecule has 33 heavy (non-hydrogen) atoms. The molecular formula is C25H23ClFN3O2S. The number of hydrogen-bond acceptors (Lipinski definition) is 4. The lowest BCUT2D eigenvalue weighted by atomic mass is 10.1. The molecule has 1 aliphatic rings. The lowest BCUT2D eigenvalue weighted by molar-refractivity contribution is 0.0528. The normalized spacial score (nSPS) is 15.9. The Morgan fingerprint density at radius 3 is 2.88 bits per heavy atom. The Kier molecular flexibility index (Phi) is 6.44. The first-order valence-electron chi connectivity index (χ1n) is 10.9. The molecule has 1 fully saturated rings. The predicted octanol–water partition coefficient (Wildman–Crippen LogP) is 5.72. The average Bonchev–Trinajstić information content (AvgIpc) is 3.55. The van der Waals surface area contributed by atoms with E-state index >= 15 is 0 Å². The largest absolute Gasteiger partial charge is 0.376 e. The van der Waals surface area contributed by atoms with Crippen LogP contribution in [0.1, 0.15) is 28.9 Å². The number of fused-ring (bicyclic) bond motifs is 1. The number of benzene rings is 2. The van der Waals surface area contributed by atoms with Crippen molar-refractivity contribution in [2.75, 3.05) is 19.7 Å². The molecule has 1 atom stereocenters. The number of carbonyl (C=O) groups is 1. The number of aromatic nitrogens is 2. The highest BCUT2D eigenvalue weighted by Gasteiger charge is 2.24. The maximum Gasteiger partial charge on any atom is 0.254 e. The van der Waals surface area contributed by atoms with Crippen molar-refractivity contribution >= 4 is 33.8 Å². The van der Waals surface area contributed by atoms with Crippen LogP contribution in [-0.2, 0) is 11.2 Å². The van der Waals surface area contributed by atoms with Gasteiger partial charge in [0.15, 0.2) is 4.96 Å². The molecule has 0 N–H and O–H groups in total. The van der Waals surface area contributed by atoms with Crippen LogP contribution in [0.25, 0.3) is 16.2 Å². The molecule has 1 aliphatic heterocycles. The maximum atomic E-state index is 13.7. The van der Waals surface area contributed by atoms with E-state index in [0.29, 0.717) is 30.1 Å². The molecule has 1 amide bonds. The van der Waals surface area contributed by atoms with Gasteiger partial charge in [0.1, 0.15) is 5.82 Å². The standard InChI is InChI=1S/C25H23ClFN3O2S/c26-19-8-6-17(7-9-19)23-15-30-21(16-33-25(30)28-23)10-11-29(14-22-5-2-12-32-22)24(31)18-3-1-4-20(27)13-18/h1,3-4,6-9,13,15-16,22H,2,5,10-12,14H2. The van der Waals surface area contributed by atoms with Gasteiger partial charge in [0, 0.05) is 59.5 Å². The summed E-state index contributed by atoms with van der Waals surface area (Å²) in [6, 6.07) is 13.5. The summed E-state index contributed by atoms with van der Waals surface area (Å²) in [6.45, 7) is 1.73. The fourth-order valence-corrected chi connectivity index (χ4v) is 5.17.